The van der Waals surface area contributed by atoms with Crippen molar-refractivity contribution in [2.24, 2.45) is 0 Å². The van der Waals surface area contributed by atoms with E-state index in [1.165, 1.54) is 24.8 Å². The lowest BCUT2D eigenvalue weighted by atomic mass is 9.94. The van der Waals surface area contributed by atoms with E-state index in [9.17, 15) is 0 Å². The average molecular weight is 312 g/mol. The van der Waals surface area contributed by atoms with Gasteiger partial charge in [-0.3, -0.25) is 0 Å². The molecule has 0 heterocycles. The zero-order valence-corrected chi connectivity index (χ0v) is 12.6. The van der Waals surface area contributed by atoms with E-state index in [0.29, 0.717) is 5.92 Å². The van der Waals surface area contributed by atoms with Crippen LogP contribution < -0.4 is 5.32 Å². The van der Waals surface area contributed by atoms with Gasteiger partial charge in [0.05, 0.1) is 0 Å². The molecule has 0 amide bonds. The predicted molar refractivity (Wildman–Crippen MR) is 79.0 cm³/mol. The number of halogens is 1. The Kier molecular flexibility index (Phi) is 5.67. The normalized spacial score (nSPS) is 16.8. The van der Waals surface area contributed by atoms with Crippen LogP contribution in [0.3, 0.4) is 0 Å². The first kappa shape index (κ1) is 14.0. The van der Waals surface area contributed by atoms with Crippen LogP contribution in [0.25, 0.3) is 0 Å². The van der Waals surface area contributed by atoms with E-state index in [0.717, 1.165) is 30.1 Å². The van der Waals surface area contributed by atoms with Gasteiger partial charge in [0, 0.05) is 30.8 Å². The molecule has 1 atom stereocenters. The van der Waals surface area contributed by atoms with Gasteiger partial charge in [-0.1, -0.05) is 28.1 Å². The Labute approximate surface area is 118 Å². The van der Waals surface area contributed by atoms with Gasteiger partial charge in [-0.2, -0.15) is 0 Å². The second-order valence-corrected chi connectivity index (χ2v) is 5.98. The Morgan fingerprint density at radius 2 is 2.06 bits per heavy atom. The van der Waals surface area contributed by atoms with E-state index in [1.54, 1.807) is 7.11 Å². The first-order valence-corrected chi connectivity index (χ1v) is 7.56. The second kappa shape index (κ2) is 7.27. The van der Waals surface area contributed by atoms with Gasteiger partial charge in [-0.15, -0.1) is 0 Å². The molecule has 1 unspecified atom stereocenters. The maximum Gasteiger partial charge on any atom is 0.0462 e. The number of hydrogen-bond acceptors (Lipinski definition) is 2. The minimum absolute atomic E-state index is 0.605. The van der Waals surface area contributed by atoms with E-state index in [4.69, 9.17) is 4.74 Å². The summed E-state index contributed by atoms with van der Waals surface area (Å²) in [5, 5.41) is 3.64. The smallest absolute Gasteiger partial charge is 0.0462 e. The van der Waals surface area contributed by atoms with Crippen molar-refractivity contribution >= 4 is 15.9 Å². The minimum atomic E-state index is 0.605. The molecule has 0 radical (unpaired) electrons. The van der Waals surface area contributed by atoms with E-state index in [2.05, 4.69) is 45.5 Å². The summed E-state index contributed by atoms with van der Waals surface area (Å²) < 4.78 is 6.31. The molecule has 2 nitrogen and oxygen atoms in total. The van der Waals surface area contributed by atoms with Crippen LogP contribution in [0.2, 0.25) is 0 Å². The van der Waals surface area contributed by atoms with Crippen molar-refractivity contribution in [1.82, 2.24) is 5.32 Å². The molecular weight excluding hydrogens is 290 g/mol. The zero-order chi connectivity index (χ0) is 12.8. The number of methoxy groups -OCH3 is 1. The van der Waals surface area contributed by atoms with Gasteiger partial charge in [0.1, 0.15) is 0 Å². The highest BCUT2D eigenvalue weighted by Crippen LogP contribution is 2.25. The zero-order valence-electron chi connectivity index (χ0n) is 11.0. The molecule has 100 valence electrons. The molecule has 18 heavy (non-hydrogen) atoms. The maximum absolute atomic E-state index is 5.16. The van der Waals surface area contributed by atoms with Crippen LogP contribution in [0.5, 0.6) is 0 Å². The van der Waals surface area contributed by atoms with E-state index in [-0.39, 0.29) is 0 Å². The monoisotopic (exact) mass is 311 g/mol. The van der Waals surface area contributed by atoms with Crippen LogP contribution in [-0.2, 0) is 4.74 Å². The lowest BCUT2D eigenvalue weighted by molar-refractivity contribution is 0.190. The molecule has 1 saturated carbocycles. The predicted octanol–water partition coefficient (Wildman–Crippen LogP) is 3.71. The summed E-state index contributed by atoms with van der Waals surface area (Å²) in [5.41, 5.74) is 1.43. The third-order valence-corrected chi connectivity index (χ3v) is 4.00. The molecule has 1 aromatic carbocycles. The van der Waals surface area contributed by atoms with Crippen molar-refractivity contribution in [3.63, 3.8) is 0 Å². The molecule has 1 N–H and O–H groups in total. The molecule has 0 aliphatic heterocycles. The molecule has 3 heteroatoms. The second-order valence-electron chi connectivity index (χ2n) is 5.07. The average Bonchev–Trinajstić information content (AvgIpc) is 3.19. The molecule has 2 rings (SSSR count). The molecule has 1 aromatic rings. The molecule has 1 fully saturated rings. The standard InChI is InChI=1S/C15H22BrNO/c1-18-10-2-3-13(11-17-15-8-9-15)12-4-6-14(16)7-5-12/h4-7,13,15,17H,2-3,8-11H2,1H3. The fourth-order valence-electron chi connectivity index (χ4n) is 2.19. The largest absolute Gasteiger partial charge is 0.385 e. The van der Waals surface area contributed by atoms with Crippen molar-refractivity contribution < 1.29 is 4.74 Å². The molecule has 1 aliphatic rings. The third-order valence-electron chi connectivity index (χ3n) is 3.47. The van der Waals surface area contributed by atoms with Crippen LogP contribution >= 0.6 is 15.9 Å². The highest BCUT2D eigenvalue weighted by molar-refractivity contribution is 9.10. The van der Waals surface area contributed by atoms with Crippen LogP contribution in [0.1, 0.15) is 37.2 Å². The number of ether oxygens (including phenoxy) is 1. The topological polar surface area (TPSA) is 21.3 Å². The van der Waals surface area contributed by atoms with Gasteiger partial charge >= 0.3 is 0 Å². The van der Waals surface area contributed by atoms with E-state index < -0.39 is 0 Å². The lowest BCUT2D eigenvalue weighted by Gasteiger charge is -2.18. The molecular formula is C15H22BrNO. The molecule has 0 saturated heterocycles. The van der Waals surface area contributed by atoms with Gasteiger partial charge in [0.15, 0.2) is 0 Å². The lowest BCUT2D eigenvalue weighted by Crippen LogP contribution is -2.23. The Morgan fingerprint density at radius 1 is 1.33 bits per heavy atom. The summed E-state index contributed by atoms with van der Waals surface area (Å²) in [4.78, 5) is 0. The number of rotatable bonds is 8. The van der Waals surface area contributed by atoms with Gasteiger partial charge in [-0.25, -0.2) is 0 Å². The van der Waals surface area contributed by atoms with Gasteiger partial charge in [0.2, 0.25) is 0 Å². The van der Waals surface area contributed by atoms with Crippen LogP contribution in [0.4, 0.5) is 0 Å². The summed E-state index contributed by atoms with van der Waals surface area (Å²) >= 11 is 3.50. The summed E-state index contributed by atoms with van der Waals surface area (Å²) in [7, 11) is 1.77. The summed E-state index contributed by atoms with van der Waals surface area (Å²) in [6, 6.07) is 9.52. The quantitative estimate of drug-likeness (QED) is 0.739. The Morgan fingerprint density at radius 3 is 2.67 bits per heavy atom. The van der Waals surface area contributed by atoms with Crippen molar-refractivity contribution in [2.75, 3.05) is 20.3 Å². The summed E-state index contributed by atoms with van der Waals surface area (Å²) in [6.45, 7) is 1.95. The first-order valence-electron chi connectivity index (χ1n) is 6.77. The van der Waals surface area contributed by atoms with Gasteiger partial charge in [-0.05, 0) is 49.3 Å². The van der Waals surface area contributed by atoms with E-state index >= 15 is 0 Å². The number of nitrogens with one attached hydrogen (secondary N) is 1. The Balaban J connectivity index is 1.90. The van der Waals surface area contributed by atoms with Crippen molar-refractivity contribution in [2.45, 2.75) is 37.6 Å². The van der Waals surface area contributed by atoms with Gasteiger partial charge < -0.3 is 10.1 Å². The third kappa shape index (κ3) is 4.71. The van der Waals surface area contributed by atoms with Gasteiger partial charge in [0.25, 0.3) is 0 Å². The highest BCUT2D eigenvalue weighted by atomic mass is 79.9. The summed E-state index contributed by atoms with van der Waals surface area (Å²) in [5.74, 6) is 0.605. The minimum Gasteiger partial charge on any atom is -0.385 e. The maximum atomic E-state index is 5.16. The Hall–Kier alpha value is -0.380. The number of benzene rings is 1. The molecule has 0 aromatic heterocycles. The fourth-order valence-corrected chi connectivity index (χ4v) is 2.46. The summed E-state index contributed by atoms with van der Waals surface area (Å²) in [6.07, 6.45) is 5.02. The first-order chi connectivity index (χ1) is 8.79. The molecule has 0 spiro atoms. The van der Waals surface area contributed by atoms with Crippen molar-refractivity contribution in [3.05, 3.63) is 34.3 Å². The van der Waals surface area contributed by atoms with Crippen LogP contribution in [0, 0.1) is 0 Å². The van der Waals surface area contributed by atoms with Crippen molar-refractivity contribution in [3.8, 4) is 0 Å². The molecule has 1 aliphatic carbocycles. The van der Waals surface area contributed by atoms with Crippen molar-refractivity contribution in [1.29, 1.82) is 0 Å². The molecule has 0 bridgehead atoms. The SMILES string of the molecule is COCCCC(CNC1CC1)c1ccc(Br)cc1. The Bertz CT molecular complexity index is 348. The highest BCUT2D eigenvalue weighted by Gasteiger charge is 2.22. The van der Waals surface area contributed by atoms with Crippen LogP contribution in [-0.4, -0.2) is 26.3 Å². The van der Waals surface area contributed by atoms with Crippen LogP contribution in [0.15, 0.2) is 28.7 Å². The number of hydrogen-bond donors (Lipinski definition) is 1. The fraction of sp³-hybridized carbons (Fsp3) is 0.600. The van der Waals surface area contributed by atoms with E-state index in [1.807, 2.05) is 0 Å².